The summed E-state index contributed by atoms with van der Waals surface area (Å²) < 4.78 is 8.16. The van der Waals surface area contributed by atoms with Crippen LogP contribution in [0.25, 0.3) is 0 Å². The molecule has 0 saturated heterocycles. The summed E-state index contributed by atoms with van der Waals surface area (Å²) in [5.41, 5.74) is 5.84. The van der Waals surface area contributed by atoms with Crippen LogP contribution in [-0.4, -0.2) is 26.9 Å². The summed E-state index contributed by atoms with van der Waals surface area (Å²) in [6.07, 6.45) is 4.55. The molecule has 5 nitrogen and oxygen atoms in total. The molecule has 1 heterocycles. The van der Waals surface area contributed by atoms with E-state index >= 15 is 0 Å². The van der Waals surface area contributed by atoms with Gasteiger partial charge in [0, 0.05) is 13.6 Å². The molecule has 2 N–H and O–H groups in total. The van der Waals surface area contributed by atoms with Gasteiger partial charge >= 0.3 is 0 Å². The van der Waals surface area contributed by atoms with Gasteiger partial charge in [-0.2, -0.15) is 0 Å². The summed E-state index contributed by atoms with van der Waals surface area (Å²) in [5, 5.41) is 8.22. The zero-order valence-corrected chi connectivity index (χ0v) is 13.2. The van der Waals surface area contributed by atoms with E-state index in [1.165, 1.54) is 12.8 Å². The highest BCUT2D eigenvalue weighted by molar-refractivity contribution is 4.93. The predicted octanol–water partition coefficient (Wildman–Crippen LogP) is 2.18. The van der Waals surface area contributed by atoms with Crippen molar-refractivity contribution >= 4 is 0 Å². The molecule has 0 unspecified atom stereocenters. The van der Waals surface area contributed by atoms with E-state index in [2.05, 4.69) is 24.0 Å². The molecule has 0 bridgehead atoms. The van der Waals surface area contributed by atoms with Gasteiger partial charge in [-0.3, -0.25) is 0 Å². The maximum absolute atomic E-state index is 6.18. The van der Waals surface area contributed by atoms with Crippen LogP contribution in [0, 0.1) is 18.8 Å². The van der Waals surface area contributed by atoms with Crippen molar-refractivity contribution in [2.45, 2.75) is 58.7 Å². The number of rotatable bonds is 5. The molecule has 1 aromatic heterocycles. The largest absolute Gasteiger partial charge is 0.366 e. The second-order valence-corrected chi connectivity index (χ2v) is 6.48. The molecule has 1 aliphatic carbocycles. The number of aromatic nitrogens is 3. The Balaban J connectivity index is 1.94. The van der Waals surface area contributed by atoms with E-state index < -0.39 is 0 Å². The van der Waals surface area contributed by atoms with Gasteiger partial charge in [-0.25, -0.2) is 0 Å². The number of nitrogens with zero attached hydrogens (tertiary/aromatic N) is 3. The number of hydrogen-bond acceptors (Lipinski definition) is 4. The molecular weight excluding hydrogens is 252 g/mol. The highest BCUT2D eigenvalue weighted by Gasteiger charge is 2.36. The minimum Gasteiger partial charge on any atom is -0.366 e. The molecule has 1 aromatic rings. The van der Waals surface area contributed by atoms with Crippen LogP contribution in [0.3, 0.4) is 0 Å². The van der Waals surface area contributed by atoms with E-state index in [-0.39, 0.29) is 5.60 Å². The van der Waals surface area contributed by atoms with Crippen molar-refractivity contribution in [3.05, 3.63) is 11.6 Å². The third-order valence-electron chi connectivity index (χ3n) is 4.95. The molecular formula is C15H28N4O. The first-order chi connectivity index (χ1) is 9.47. The molecule has 114 valence electrons. The number of hydrogen-bond donors (Lipinski definition) is 1. The summed E-state index contributed by atoms with van der Waals surface area (Å²) in [6, 6.07) is 0. The van der Waals surface area contributed by atoms with Gasteiger partial charge in [-0.05, 0) is 44.4 Å². The molecule has 1 fully saturated rings. The van der Waals surface area contributed by atoms with Gasteiger partial charge in [0.2, 0.25) is 0 Å². The van der Waals surface area contributed by atoms with Gasteiger partial charge in [0.1, 0.15) is 12.4 Å². The van der Waals surface area contributed by atoms with Gasteiger partial charge < -0.3 is 15.0 Å². The quantitative estimate of drug-likeness (QED) is 0.898. The predicted molar refractivity (Wildman–Crippen MR) is 79.1 cm³/mol. The second kappa shape index (κ2) is 6.22. The minimum absolute atomic E-state index is 0.161. The van der Waals surface area contributed by atoms with Crippen molar-refractivity contribution in [3.63, 3.8) is 0 Å². The van der Waals surface area contributed by atoms with Gasteiger partial charge in [-0.15, -0.1) is 10.2 Å². The standard InChI is InChI=1S/C15H28N4O/c1-11(2)13-5-7-15(10-16,8-6-13)20-9-14-18-17-12(3)19(14)4/h11,13H,5-10,16H2,1-4H3. The normalized spacial score (nSPS) is 27.2. The van der Waals surface area contributed by atoms with Crippen molar-refractivity contribution in [1.29, 1.82) is 0 Å². The van der Waals surface area contributed by atoms with E-state index in [0.717, 1.165) is 36.3 Å². The lowest BCUT2D eigenvalue weighted by Crippen LogP contribution is -2.44. The van der Waals surface area contributed by atoms with Gasteiger partial charge in [0.15, 0.2) is 5.82 Å². The molecule has 0 atom stereocenters. The average Bonchev–Trinajstić information content (AvgIpc) is 2.77. The Morgan fingerprint density at radius 2 is 2.00 bits per heavy atom. The van der Waals surface area contributed by atoms with E-state index in [0.29, 0.717) is 13.2 Å². The van der Waals surface area contributed by atoms with Crippen LogP contribution in [-0.2, 0) is 18.4 Å². The third kappa shape index (κ3) is 3.20. The van der Waals surface area contributed by atoms with Crippen LogP contribution < -0.4 is 5.73 Å². The first-order valence-electron chi connectivity index (χ1n) is 7.66. The first-order valence-corrected chi connectivity index (χ1v) is 7.66. The smallest absolute Gasteiger partial charge is 0.158 e. The summed E-state index contributed by atoms with van der Waals surface area (Å²) in [4.78, 5) is 0. The van der Waals surface area contributed by atoms with Crippen molar-refractivity contribution in [1.82, 2.24) is 14.8 Å². The number of aryl methyl sites for hydroxylation is 1. The van der Waals surface area contributed by atoms with E-state index in [1.807, 2.05) is 18.5 Å². The van der Waals surface area contributed by atoms with Crippen molar-refractivity contribution < 1.29 is 4.74 Å². The van der Waals surface area contributed by atoms with E-state index in [4.69, 9.17) is 10.5 Å². The summed E-state index contributed by atoms with van der Waals surface area (Å²) >= 11 is 0. The Hall–Kier alpha value is -0.940. The fourth-order valence-electron chi connectivity index (χ4n) is 3.03. The SMILES string of the molecule is Cc1nnc(COC2(CN)CCC(C(C)C)CC2)n1C. The zero-order chi connectivity index (χ0) is 14.8. The lowest BCUT2D eigenvalue weighted by molar-refractivity contribution is -0.0868. The molecule has 0 spiro atoms. The Morgan fingerprint density at radius 3 is 2.45 bits per heavy atom. The molecule has 0 radical (unpaired) electrons. The molecule has 0 aromatic carbocycles. The minimum atomic E-state index is -0.161. The number of nitrogens with two attached hydrogens (primary N) is 1. The first kappa shape index (κ1) is 15.4. The van der Waals surface area contributed by atoms with Gasteiger partial charge in [0.05, 0.1) is 5.60 Å². The molecule has 2 rings (SSSR count). The molecule has 5 heteroatoms. The fourth-order valence-corrected chi connectivity index (χ4v) is 3.03. The molecule has 1 aliphatic rings. The maximum Gasteiger partial charge on any atom is 0.158 e. The van der Waals surface area contributed by atoms with Crippen molar-refractivity contribution in [2.75, 3.05) is 6.54 Å². The van der Waals surface area contributed by atoms with Crippen LogP contribution >= 0.6 is 0 Å². The second-order valence-electron chi connectivity index (χ2n) is 6.48. The fraction of sp³-hybridized carbons (Fsp3) is 0.867. The van der Waals surface area contributed by atoms with E-state index in [1.54, 1.807) is 0 Å². The molecule has 0 aliphatic heterocycles. The number of ether oxygens (including phenoxy) is 1. The van der Waals surface area contributed by atoms with Crippen LogP contribution in [0.2, 0.25) is 0 Å². The average molecular weight is 280 g/mol. The third-order valence-corrected chi connectivity index (χ3v) is 4.95. The van der Waals surface area contributed by atoms with Crippen molar-refractivity contribution in [2.24, 2.45) is 24.6 Å². The molecule has 0 amide bonds. The summed E-state index contributed by atoms with van der Waals surface area (Å²) in [7, 11) is 1.97. The lowest BCUT2D eigenvalue weighted by atomic mass is 9.74. The molecule has 1 saturated carbocycles. The van der Waals surface area contributed by atoms with Crippen LogP contribution in [0.1, 0.15) is 51.2 Å². The Bertz CT molecular complexity index is 433. The van der Waals surface area contributed by atoms with Crippen molar-refractivity contribution in [3.8, 4) is 0 Å². The topological polar surface area (TPSA) is 66.0 Å². The Morgan fingerprint density at radius 1 is 1.35 bits per heavy atom. The van der Waals surface area contributed by atoms with Crippen LogP contribution in [0.5, 0.6) is 0 Å². The Labute approximate surface area is 121 Å². The summed E-state index contributed by atoms with van der Waals surface area (Å²) in [6.45, 7) is 7.66. The Kier molecular flexibility index (Phi) is 4.81. The molecule has 20 heavy (non-hydrogen) atoms. The lowest BCUT2D eigenvalue weighted by Gasteiger charge is -2.40. The summed E-state index contributed by atoms with van der Waals surface area (Å²) in [5.74, 6) is 3.36. The highest BCUT2D eigenvalue weighted by Crippen LogP contribution is 2.37. The van der Waals surface area contributed by atoms with Gasteiger partial charge in [-0.1, -0.05) is 13.8 Å². The maximum atomic E-state index is 6.18. The van der Waals surface area contributed by atoms with Gasteiger partial charge in [0.25, 0.3) is 0 Å². The highest BCUT2D eigenvalue weighted by atomic mass is 16.5. The van der Waals surface area contributed by atoms with Crippen LogP contribution in [0.15, 0.2) is 0 Å². The zero-order valence-electron chi connectivity index (χ0n) is 13.2. The van der Waals surface area contributed by atoms with Crippen LogP contribution in [0.4, 0.5) is 0 Å². The monoisotopic (exact) mass is 280 g/mol. The van der Waals surface area contributed by atoms with E-state index in [9.17, 15) is 0 Å².